The third kappa shape index (κ3) is 2.39. The fourth-order valence-corrected chi connectivity index (χ4v) is 1.13. The van der Waals surface area contributed by atoms with E-state index in [1.54, 1.807) is 22.6 Å². The Bertz CT molecular complexity index is 337. The molecule has 0 bridgehead atoms. The highest BCUT2D eigenvalue weighted by Gasteiger charge is 2.32. The van der Waals surface area contributed by atoms with Crippen LogP contribution in [0.2, 0.25) is 0 Å². The maximum Gasteiger partial charge on any atom is 0.433 e. The van der Waals surface area contributed by atoms with Gasteiger partial charge in [0.2, 0.25) is 0 Å². The number of alkyl halides is 3. The van der Waals surface area contributed by atoms with Gasteiger partial charge in [0.05, 0.1) is 0 Å². The summed E-state index contributed by atoms with van der Waals surface area (Å²) in [5, 5.41) is 0. The molecule has 0 aliphatic carbocycles. The molecule has 0 aliphatic heterocycles. The van der Waals surface area contributed by atoms with Crippen LogP contribution in [0.5, 0.6) is 0 Å². The Morgan fingerprint density at radius 1 is 1.38 bits per heavy atom. The molecule has 1 aromatic heterocycles. The number of aldehydes is 1. The Kier molecular flexibility index (Phi) is 2.89. The fraction of sp³-hybridized carbons (Fsp3) is 0.143. The monoisotopic (exact) mass is 301 g/mol. The molecule has 1 heterocycles. The highest BCUT2D eigenvalue weighted by atomic mass is 127. The summed E-state index contributed by atoms with van der Waals surface area (Å²) in [5.74, 6) is 0. The maximum absolute atomic E-state index is 12.1. The number of carbonyl (C=O) groups is 1. The van der Waals surface area contributed by atoms with E-state index in [9.17, 15) is 18.0 Å². The lowest BCUT2D eigenvalue weighted by Gasteiger charge is -2.05. The number of rotatable bonds is 1. The normalized spacial score (nSPS) is 11.4. The molecule has 0 spiro atoms. The lowest BCUT2D eigenvalue weighted by atomic mass is 10.3. The third-order valence-electron chi connectivity index (χ3n) is 1.28. The van der Waals surface area contributed by atoms with E-state index >= 15 is 0 Å². The zero-order valence-electron chi connectivity index (χ0n) is 6.10. The molecule has 0 saturated heterocycles. The van der Waals surface area contributed by atoms with Gasteiger partial charge < -0.3 is 0 Å². The maximum atomic E-state index is 12.1. The van der Waals surface area contributed by atoms with Crippen molar-refractivity contribution in [3.63, 3.8) is 0 Å². The Balaban J connectivity index is 3.21. The molecule has 0 aliphatic rings. The minimum absolute atomic E-state index is 0.185. The van der Waals surface area contributed by atoms with E-state index in [0.29, 0.717) is 9.86 Å². The standard InChI is InChI=1S/C7H3F3INO/c8-7(9,10)6-2-1-4(11)5(3-13)12-6/h1-3H. The topological polar surface area (TPSA) is 30.0 Å². The van der Waals surface area contributed by atoms with E-state index in [2.05, 4.69) is 4.98 Å². The molecule has 2 nitrogen and oxygen atoms in total. The van der Waals surface area contributed by atoms with Crippen molar-refractivity contribution in [3.05, 3.63) is 27.1 Å². The van der Waals surface area contributed by atoms with Crippen molar-refractivity contribution in [2.24, 2.45) is 0 Å². The number of halogens is 4. The highest BCUT2D eigenvalue weighted by molar-refractivity contribution is 14.1. The summed E-state index contributed by atoms with van der Waals surface area (Å²) in [4.78, 5) is 13.4. The summed E-state index contributed by atoms with van der Waals surface area (Å²) in [6.45, 7) is 0. The lowest BCUT2D eigenvalue weighted by molar-refractivity contribution is -0.141. The van der Waals surface area contributed by atoms with Crippen LogP contribution in [0.4, 0.5) is 13.2 Å². The molecule has 0 aromatic carbocycles. The predicted octanol–water partition coefficient (Wildman–Crippen LogP) is 2.52. The molecule has 13 heavy (non-hydrogen) atoms. The molecule has 1 aromatic rings. The molecule has 0 atom stereocenters. The molecule has 70 valence electrons. The van der Waals surface area contributed by atoms with E-state index in [1.807, 2.05) is 0 Å². The van der Waals surface area contributed by atoms with Gasteiger partial charge in [-0.25, -0.2) is 4.98 Å². The number of carbonyl (C=O) groups excluding carboxylic acids is 1. The van der Waals surface area contributed by atoms with Crippen LogP contribution < -0.4 is 0 Å². The number of pyridine rings is 1. The van der Waals surface area contributed by atoms with Crippen LogP contribution in [-0.2, 0) is 6.18 Å². The molecule has 0 unspecified atom stereocenters. The average molecular weight is 301 g/mol. The number of nitrogens with zero attached hydrogens (tertiary/aromatic N) is 1. The Morgan fingerprint density at radius 2 is 2.00 bits per heavy atom. The van der Waals surface area contributed by atoms with E-state index in [1.165, 1.54) is 6.07 Å². The molecule has 0 saturated carbocycles. The second-order valence-electron chi connectivity index (χ2n) is 2.18. The van der Waals surface area contributed by atoms with Crippen molar-refractivity contribution in [1.29, 1.82) is 0 Å². The molecular formula is C7H3F3INO. The van der Waals surface area contributed by atoms with Gasteiger partial charge in [0.15, 0.2) is 6.29 Å². The molecule has 0 fully saturated rings. The summed E-state index contributed by atoms with van der Waals surface area (Å²) in [6.07, 6.45) is -4.20. The molecule has 0 amide bonds. The van der Waals surface area contributed by atoms with Gasteiger partial charge in [0.1, 0.15) is 11.4 Å². The van der Waals surface area contributed by atoms with Gasteiger partial charge in [-0.3, -0.25) is 4.79 Å². The first-order chi connectivity index (χ1) is 5.95. The SMILES string of the molecule is O=Cc1nc(C(F)(F)F)ccc1I. The number of hydrogen-bond donors (Lipinski definition) is 0. The van der Waals surface area contributed by atoms with Gasteiger partial charge >= 0.3 is 6.18 Å². The molecular weight excluding hydrogens is 298 g/mol. The van der Waals surface area contributed by atoms with Gasteiger partial charge in [-0.2, -0.15) is 13.2 Å². The predicted molar refractivity (Wildman–Crippen MR) is 47.3 cm³/mol. The average Bonchev–Trinajstić information content (AvgIpc) is 2.03. The zero-order valence-corrected chi connectivity index (χ0v) is 8.26. The second kappa shape index (κ2) is 3.60. The van der Waals surface area contributed by atoms with Crippen molar-refractivity contribution in [2.45, 2.75) is 6.18 Å². The quantitative estimate of drug-likeness (QED) is 0.589. The van der Waals surface area contributed by atoms with Crippen molar-refractivity contribution < 1.29 is 18.0 Å². The summed E-state index contributed by atoms with van der Waals surface area (Å²) in [6, 6.07) is 2.05. The van der Waals surface area contributed by atoms with Crippen LogP contribution in [0.1, 0.15) is 16.2 Å². The number of hydrogen-bond acceptors (Lipinski definition) is 2. The van der Waals surface area contributed by atoms with Crippen molar-refractivity contribution in [3.8, 4) is 0 Å². The highest BCUT2D eigenvalue weighted by Crippen LogP contribution is 2.28. The first kappa shape index (κ1) is 10.4. The Hall–Kier alpha value is -0.660. The van der Waals surface area contributed by atoms with Crippen LogP contribution in [0, 0.1) is 3.57 Å². The zero-order chi connectivity index (χ0) is 10.1. The van der Waals surface area contributed by atoms with Crippen LogP contribution in [-0.4, -0.2) is 11.3 Å². The van der Waals surface area contributed by atoms with E-state index in [0.717, 1.165) is 6.07 Å². The molecule has 1 rings (SSSR count). The van der Waals surface area contributed by atoms with Crippen molar-refractivity contribution >= 4 is 28.9 Å². The first-order valence-electron chi connectivity index (χ1n) is 3.14. The largest absolute Gasteiger partial charge is 0.433 e. The minimum Gasteiger partial charge on any atom is -0.296 e. The summed E-state index contributed by atoms with van der Waals surface area (Å²) in [7, 11) is 0. The summed E-state index contributed by atoms with van der Waals surface area (Å²) in [5.41, 5.74) is -1.23. The van der Waals surface area contributed by atoms with Crippen LogP contribution in [0.15, 0.2) is 12.1 Å². The second-order valence-corrected chi connectivity index (χ2v) is 3.34. The Morgan fingerprint density at radius 3 is 2.46 bits per heavy atom. The summed E-state index contributed by atoms with van der Waals surface area (Å²) < 4.78 is 36.6. The van der Waals surface area contributed by atoms with Gasteiger partial charge in [0.25, 0.3) is 0 Å². The van der Waals surface area contributed by atoms with Crippen LogP contribution >= 0.6 is 22.6 Å². The van der Waals surface area contributed by atoms with E-state index in [4.69, 9.17) is 0 Å². The van der Waals surface area contributed by atoms with Crippen molar-refractivity contribution in [2.75, 3.05) is 0 Å². The van der Waals surface area contributed by atoms with E-state index in [-0.39, 0.29) is 5.69 Å². The van der Waals surface area contributed by atoms with Gasteiger partial charge in [-0.1, -0.05) is 0 Å². The lowest BCUT2D eigenvalue weighted by Crippen LogP contribution is -2.09. The Labute approximate surface area is 85.3 Å². The molecule has 0 radical (unpaired) electrons. The summed E-state index contributed by atoms with van der Waals surface area (Å²) >= 11 is 1.74. The van der Waals surface area contributed by atoms with Crippen LogP contribution in [0.3, 0.4) is 0 Å². The van der Waals surface area contributed by atoms with Gasteiger partial charge in [0, 0.05) is 3.57 Å². The van der Waals surface area contributed by atoms with E-state index < -0.39 is 11.9 Å². The minimum atomic E-state index is -4.50. The van der Waals surface area contributed by atoms with Crippen molar-refractivity contribution in [1.82, 2.24) is 4.98 Å². The smallest absolute Gasteiger partial charge is 0.296 e. The van der Waals surface area contributed by atoms with Gasteiger partial charge in [-0.15, -0.1) is 0 Å². The van der Waals surface area contributed by atoms with Crippen LogP contribution in [0.25, 0.3) is 0 Å². The molecule has 6 heteroatoms. The van der Waals surface area contributed by atoms with Gasteiger partial charge in [-0.05, 0) is 34.7 Å². The first-order valence-corrected chi connectivity index (χ1v) is 4.22. The number of aromatic nitrogens is 1. The fourth-order valence-electron chi connectivity index (χ4n) is 0.698. The molecule has 0 N–H and O–H groups in total. The third-order valence-corrected chi connectivity index (χ3v) is 2.19.